The Labute approximate surface area is 201 Å². The van der Waals surface area contributed by atoms with Crippen LogP contribution in [0.1, 0.15) is 30.4 Å². The average Bonchev–Trinajstić information content (AvgIpc) is 2.86. The second-order valence-electron chi connectivity index (χ2n) is 8.45. The molecule has 0 saturated carbocycles. The highest BCUT2D eigenvalue weighted by Crippen LogP contribution is 2.15. The van der Waals surface area contributed by atoms with Gasteiger partial charge in [-0.2, -0.15) is 0 Å². The second-order valence-corrected chi connectivity index (χ2v) is 8.45. The van der Waals surface area contributed by atoms with E-state index in [1.54, 1.807) is 0 Å². The monoisotopic (exact) mass is 469 g/mol. The largest absolute Gasteiger partial charge is 0.494 e. The van der Waals surface area contributed by atoms with E-state index in [-0.39, 0.29) is 13.0 Å². The van der Waals surface area contributed by atoms with Crippen molar-refractivity contribution in [3.8, 4) is 5.75 Å². The molecule has 1 saturated heterocycles. The summed E-state index contributed by atoms with van der Waals surface area (Å²) >= 11 is 0. The molecule has 0 bridgehead atoms. The molecule has 0 radical (unpaired) electrons. The zero-order chi connectivity index (χ0) is 24.0. The highest BCUT2D eigenvalue weighted by atomic mass is 16.5. The Kier molecular flexibility index (Phi) is 10.7. The molecule has 1 aliphatic heterocycles. The van der Waals surface area contributed by atoms with Gasteiger partial charge in [0.15, 0.2) is 0 Å². The number of aliphatic carboxylic acids is 1. The van der Waals surface area contributed by atoms with Crippen LogP contribution in [0.5, 0.6) is 5.75 Å². The number of nitrogens with zero attached hydrogens (tertiary/aromatic N) is 1. The molecule has 3 rings (SSSR count). The van der Waals surface area contributed by atoms with Gasteiger partial charge in [0.25, 0.3) is 0 Å². The fourth-order valence-electron chi connectivity index (χ4n) is 3.80. The van der Waals surface area contributed by atoms with E-state index in [0.29, 0.717) is 6.61 Å². The zero-order valence-corrected chi connectivity index (χ0v) is 19.6. The van der Waals surface area contributed by atoms with E-state index in [1.165, 1.54) is 6.42 Å². The Morgan fingerprint density at radius 2 is 1.71 bits per heavy atom. The summed E-state index contributed by atoms with van der Waals surface area (Å²) in [6, 6.07) is 15.5. The molecule has 1 fully saturated rings. The Morgan fingerprint density at radius 1 is 0.971 bits per heavy atom. The van der Waals surface area contributed by atoms with Crippen LogP contribution in [0.3, 0.4) is 0 Å². The molecular weight excluding hydrogens is 434 g/mol. The van der Waals surface area contributed by atoms with Gasteiger partial charge in [-0.3, -0.25) is 0 Å². The van der Waals surface area contributed by atoms with E-state index >= 15 is 0 Å². The first-order valence-electron chi connectivity index (χ1n) is 11.9. The van der Waals surface area contributed by atoms with E-state index < -0.39 is 18.1 Å². The van der Waals surface area contributed by atoms with Gasteiger partial charge in [-0.05, 0) is 49.1 Å². The summed E-state index contributed by atoms with van der Waals surface area (Å²) in [4.78, 5) is 26.1. The van der Waals surface area contributed by atoms with Crippen LogP contribution >= 0.6 is 0 Å². The van der Waals surface area contributed by atoms with Gasteiger partial charge in [-0.15, -0.1) is 0 Å². The van der Waals surface area contributed by atoms with Gasteiger partial charge in [0.2, 0.25) is 0 Å². The number of ether oxygens (including phenoxy) is 2. The molecular formula is C26H35N3O5. The van der Waals surface area contributed by atoms with Crippen molar-refractivity contribution in [3.05, 3.63) is 65.7 Å². The number of rotatable bonds is 13. The van der Waals surface area contributed by atoms with E-state index in [2.05, 4.69) is 15.5 Å². The molecule has 0 unspecified atom stereocenters. The van der Waals surface area contributed by atoms with Gasteiger partial charge in [0.1, 0.15) is 18.4 Å². The minimum atomic E-state index is -1.11. The number of nitrogens with one attached hydrogen (secondary N) is 2. The molecule has 1 atom stereocenters. The summed E-state index contributed by atoms with van der Waals surface area (Å²) in [5, 5.41) is 15.3. The molecule has 0 aliphatic carbocycles. The van der Waals surface area contributed by atoms with Crippen LogP contribution in [0.2, 0.25) is 0 Å². The van der Waals surface area contributed by atoms with E-state index in [9.17, 15) is 14.7 Å². The SMILES string of the molecule is O=C(N[C@@H](Cc1ccc(OCCCCCN2CCNCC2)cc1)C(=O)O)OCc1ccccc1. The molecule has 34 heavy (non-hydrogen) atoms. The maximum atomic E-state index is 12.0. The standard InChI is InChI=1S/C26H35N3O5/c30-25(31)24(28-26(32)34-20-22-7-3-1-4-8-22)19-21-9-11-23(12-10-21)33-18-6-2-5-15-29-16-13-27-14-17-29/h1,3-4,7-12,24,27H,2,5-6,13-20H2,(H,28,32)(H,30,31)/t24-/m0/s1. The number of hydrogen-bond donors (Lipinski definition) is 3. The lowest BCUT2D eigenvalue weighted by Gasteiger charge is -2.26. The van der Waals surface area contributed by atoms with E-state index in [1.807, 2.05) is 54.6 Å². The van der Waals surface area contributed by atoms with Crippen LogP contribution in [0.25, 0.3) is 0 Å². The summed E-state index contributed by atoms with van der Waals surface area (Å²) in [7, 11) is 0. The molecule has 1 aliphatic rings. The van der Waals surface area contributed by atoms with Gasteiger partial charge in [-0.1, -0.05) is 42.5 Å². The highest BCUT2D eigenvalue weighted by Gasteiger charge is 2.21. The van der Waals surface area contributed by atoms with Gasteiger partial charge in [-0.25, -0.2) is 9.59 Å². The number of benzene rings is 2. The number of hydrogen-bond acceptors (Lipinski definition) is 6. The molecule has 3 N–H and O–H groups in total. The van der Waals surface area contributed by atoms with Crippen molar-refractivity contribution in [2.24, 2.45) is 0 Å². The molecule has 1 heterocycles. The van der Waals surface area contributed by atoms with Crippen molar-refractivity contribution >= 4 is 12.1 Å². The van der Waals surface area contributed by atoms with Crippen molar-refractivity contribution in [2.45, 2.75) is 38.3 Å². The lowest BCUT2D eigenvalue weighted by molar-refractivity contribution is -0.139. The van der Waals surface area contributed by atoms with E-state index in [4.69, 9.17) is 9.47 Å². The summed E-state index contributed by atoms with van der Waals surface area (Å²) < 4.78 is 10.9. The predicted octanol–water partition coefficient (Wildman–Crippen LogP) is 3.06. The van der Waals surface area contributed by atoms with Crippen molar-refractivity contribution < 1.29 is 24.2 Å². The molecule has 1 amide bonds. The lowest BCUT2D eigenvalue weighted by Crippen LogP contribution is -2.43. The smallest absolute Gasteiger partial charge is 0.408 e. The number of amides is 1. The summed E-state index contributed by atoms with van der Waals surface area (Å²) in [6.07, 6.45) is 2.72. The fourth-order valence-corrected chi connectivity index (χ4v) is 3.80. The fraction of sp³-hybridized carbons (Fsp3) is 0.462. The van der Waals surface area contributed by atoms with Gasteiger partial charge < -0.3 is 30.1 Å². The first-order chi connectivity index (χ1) is 16.6. The third kappa shape index (κ3) is 9.41. The first kappa shape index (κ1) is 25.5. The van der Waals surface area contributed by atoms with Crippen LogP contribution in [0.4, 0.5) is 4.79 Å². The number of carboxylic acid groups (broad SMARTS) is 1. The van der Waals surface area contributed by atoms with Crippen LogP contribution < -0.4 is 15.4 Å². The molecule has 8 nitrogen and oxygen atoms in total. The zero-order valence-electron chi connectivity index (χ0n) is 19.6. The predicted molar refractivity (Wildman–Crippen MR) is 130 cm³/mol. The Balaban J connectivity index is 1.34. The Hall–Kier alpha value is -3.10. The Bertz CT molecular complexity index is 870. The number of piperazine rings is 1. The number of carbonyl (C=O) groups excluding carboxylic acids is 1. The highest BCUT2D eigenvalue weighted by molar-refractivity contribution is 5.80. The molecule has 0 spiro atoms. The van der Waals surface area contributed by atoms with Crippen molar-refractivity contribution in [2.75, 3.05) is 39.3 Å². The second kappa shape index (κ2) is 14.2. The maximum Gasteiger partial charge on any atom is 0.408 e. The summed E-state index contributed by atoms with van der Waals surface area (Å²) in [5.41, 5.74) is 1.62. The number of alkyl carbamates (subject to hydrolysis) is 1. The summed E-state index contributed by atoms with van der Waals surface area (Å²) in [5.74, 6) is -0.356. The molecule has 0 aromatic heterocycles. The molecule has 2 aromatic carbocycles. The topological polar surface area (TPSA) is 100 Å². The van der Waals surface area contributed by atoms with Crippen molar-refractivity contribution in [3.63, 3.8) is 0 Å². The average molecular weight is 470 g/mol. The third-order valence-electron chi connectivity index (χ3n) is 5.76. The van der Waals surface area contributed by atoms with Crippen LogP contribution in [0, 0.1) is 0 Å². The van der Waals surface area contributed by atoms with Crippen LogP contribution in [-0.4, -0.2) is 67.4 Å². The normalized spacial score (nSPS) is 14.8. The van der Waals surface area contributed by atoms with Crippen LogP contribution in [-0.2, 0) is 22.6 Å². The minimum absolute atomic E-state index is 0.0841. The third-order valence-corrected chi connectivity index (χ3v) is 5.76. The Morgan fingerprint density at radius 3 is 2.41 bits per heavy atom. The molecule has 2 aromatic rings. The minimum Gasteiger partial charge on any atom is -0.494 e. The quantitative estimate of drug-likeness (QED) is 0.388. The van der Waals surface area contributed by atoms with Gasteiger partial charge in [0.05, 0.1) is 6.61 Å². The van der Waals surface area contributed by atoms with Crippen molar-refractivity contribution in [1.29, 1.82) is 0 Å². The van der Waals surface area contributed by atoms with Gasteiger partial charge in [0, 0.05) is 32.6 Å². The first-order valence-corrected chi connectivity index (χ1v) is 11.9. The maximum absolute atomic E-state index is 12.0. The van der Waals surface area contributed by atoms with Crippen LogP contribution in [0.15, 0.2) is 54.6 Å². The van der Waals surface area contributed by atoms with Crippen molar-refractivity contribution in [1.82, 2.24) is 15.5 Å². The molecule has 8 heteroatoms. The van der Waals surface area contributed by atoms with E-state index in [0.717, 1.165) is 62.4 Å². The number of unbranched alkanes of at least 4 members (excludes halogenated alkanes) is 2. The lowest BCUT2D eigenvalue weighted by atomic mass is 10.1. The molecule has 184 valence electrons. The number of carboxylic acids is 1. The number of carbonyl (C=O) groups is 2. The summed E-state index contributed by atoms with van der Waals surface area (Å²) in [6.45, 7) is 6.33. The van der Waals surface area contributed by atoms with Gasteiger partial charge >= 0.3 is 12.1 Å².